The quantitative estimate of drug-likeness (QED) is 0.801. The highest BCUT2D eigenvalue weighted by Crippen LogP contribution is 2.20. The summed E-state index contributed by atoms with van der Waals surface area (Å²) < 4.78 is 5.51. The molecule has 0 radical (unpaired) electrons. The highest BCUT2D eigenvalue weighted by atomic mass is 16.5. The van der Waals surface area contributed by atoms with E-state index in [9.17, 15) is 0 Å². The van der Waals surface area contributed by atoms with Crippen molar-refractivity contribution in [1.29, 1.82) is 0 Å². The highest BCUT2D eigenvalue weighted by molar-refractivity contribution is 5.24. The number of aryl methyl sites for hydroxylation is 1. The molecule has 21 heavy (non-hydrogen) atoms. The Morgan fingerprint density at radius 1 is 1.14 bits per heavy atom. The standard InChI is InChI=1S/C18H24N2O/c1-3-20-18(16-8-6-5-7-9-16)11-10-15-12-17(21-4-2)14-19-13-15/h5-9,12-14,18,20H,3-4,10-11H2,1-2H3. The van der Waals surface area contributed by atoms with Gasteiger partial charge in [0, 0.05) is 12.2 Å². The van der Waals surface area contributed by atoms with Gasteiger partial charge in [-0.2, -0.15) is 0 Å². The van der Waals surface area contributed by atoms with Crippen molar-refractivity contribution < 1.29 is 4.74 Å². The van der Waals surface area contributed by atoms with E-state index < -0.39 is 0 Å². The van der Waals surface area contributed by atoms with E-state index in [2.05, 4.69) is 53.6 Å². The zero-order valence-electron chi connectivity index (χ0n) is 12.9. The summed E-state index contributed by atoms with van der Waals surface area (Å²) in [6, 6.07) is 13.1. The maximum Gasteiger partial charge on any atom is 0.137 e. The Labute approximate surface area is 127 Å². The molecule has 0 spiro atoms. The largest absolute Gasteiger partial charge is 0.492 e. The molecular weight excluding hydrogens is 260 g/mol. The topological polar surface area (TPSA) is 34.2 Å². The summed E-state index contributed by atoms with van der Waals surface area (Å²) in [4.78, 5) is 4.25. The van der Waals surface area contributed by atoms with Crippen LogP contribution in [0.1, 0.15) is 37.4 Å². The minimum atomic E-state index is 0.381. The Balaban J connectivity index is 2.00. The number of hydrogen-bond donors (Lipinski definition) is 1. The van der Waals surface area contributed by atoms with Gasteiger partial charge in [-0.05, 0) is 43.5 Å². The SMILES string of the molecule is CCNC(CCc1cncc(OCC)c1)c1ccccc1. The minimum Gasteiger partial charge on any atom is -0.492 e. The van der Waals surface area contributed by atoms with Gasteiger partial charge in [-0.25, -0.2) is 0 Å². The molecule has 1 aromatic carbocycles. The molecule has 0 amide bonds. The zero-order valence-corrected chi connectivity index (χ0v) is 12.9. The summed E-state index contributed by atoms with van der Waals surface area (Å²) >= 11 is 0. The van der Waals surface area contributed by atoms with Crippen molar-refractivity contribution in [3.8, 4) is 5.75 Å². The predicted molar refractivity (Wildman–Crippen MR) is 86.6 cm³/mol. The third-order valence-corrected chi connectivity index (χ3v) is 3.45. The van der Waals surface area contributed by atoms with Crippen LogP contribution < -0.4 is 10.1 Å². The van der Waals surface area contributed by atoms with E-state index in [1.807, 2.05) is 13.1 Å². The van der Waals surface area contributed by atoms with Gasteiger partial charge in [-0.1, -0.05) is 37.3 Å². The number of pyridine rings is 1. The van der Waals surface area contributed by atoms with Gasteiger partial charge in [0.15, 0.2) is 0 Å². The molecule has 3 nitrogen and oxygen atoms in total. The Morgan fingerprint density at radius 2 is 1.95 bits per heavy atom. The van der Waals surface area contributed by atoms with Crippen molar-refractivity contribution in [2.75, 3.05) is 13.2 Å². The van der Waals surface area contributed by atoms with Crippen LogP contribution in [0.4, 0.5) is 0 Å². The third-order valence-electron chi connectivity index (χ3n) is 3.45. The molecule has 0 saturated heterocycles. The average Bonchev–Trinajstić information content (AvgIpc) is 2.53. The van der Waals surface area contributed by atoms with E-state index in [-0.39, 0.29) is 0 Å². The van der Waals surface area contributed by atoms with Crippen LogP contribution in [-0.2, 0) is 6.42 Å². The van der Waals surface area contributed by atoms with E-state index in [4.69, 9.17) is 4.74 Å². The molecular formula is C18H24N2O. The number of nitrogens with zero attached hydrogens (tertiary/aromatic N) is 1. The third kappa shape index (κ3) is 4.87. The summed E-state index contributed by atoms with van der Waals surface area (Å²) in [6.45, 7) is 5.78. The molecule has 1 aromatic heterocycles. The number of nitrogens with one attached hydrogen (secondary N) is 1. The minimum absolute atomic E-state index is 0.381. The lowest BCUT2D eigenvalue weighted by atomic mass is 9.99. The van der Waals surface area contributed by atoms with Crippen LogP contribution in [0, 0.1) is 0 Å². The Kier molecular flexibility index (Phi) is 6.22. The molecule has 0 bridgehead atoms. The lowest BCUT2D eigenvalue weighted by Gasteiger charge is -2.18. The first-order valence-electron chi connectivity index (χ1n) is 7.68. The molecule has 112 valence electrons. The molecule has 0 aliphatic heterocycles. The Morgan fingerprint density at radius 3 is 2.67 bits per heavy atom. The van der Waals surface area contributed by atoms with Crippen molar-refractivity contribution in [2.24, 2.45) is 0 Å². The van der Waals surface area contributed by atoms with E-state index in [1.165, 1.54) is 11.1 Å². The van der Waals surface area contributed by atoms with Crippen molar-refractivity contribution >= 4 is 0 Å². The fourth-order valence-corrected chi connectivity index (χ4v) is 2.48. The van der Waals surface area contributed by atoms with E-state index in [0.717, 1.165) is 25.1 Å². The lowest BCUT2D eigenvalue weighted by Crippen LogP contribution is -2.21. The highest BCUT2D eigenvalue weighted by Gasteiger charge is 2.10. The first-order valence-corrected chi connectivity index (χ1v) is 7.68. The second-order valence-corrected chi connectivity index (χ2v) is 5.02. The maximum atomic E-state index is 5.51. The molecule has 3 heteroatoms. The van der Waals surface area contributed by atoms with Crippen molar-refractivity contribution in [3.05, 3.63) is 59.9 Å². The van der Waals surface area contributed by atoms with Gasteiger partial charge < -0.3 is 10.1 Å². The van der Waals surface area contributed by atoms with Crippen LogP contribution in [0.15, 0.2) is 48.8 Å². The molecule has 1 heterocycles. The average molecular weight is 284 g/mol. The summed E-state index contributed by atoms with van der Waals surface area (Å²) in [5.74, 6) is 0.856. The maximum absolute atomic E-state index is 5.51. The second-order valence-electron chi connectivity index (χ2n) is 5.02. The Bertz CT molecular complexity index is 528. The number of ether oxygens (including phenoxy) is 1. The van der Waals surface area contributed by atoms with Gasteiger partial charge in [0.1, 0.15) is 5.75 Å². The van der Waals surface area contributed by atoms with E-state index in [0.29, 0.717) is 12.6 Å². The van der Waals surface area contributed by atoms with Gasteiger partial charge in [0.2, 0.25) is 0 Å². The van der Waals surface area contributed by atoms with Crippen LogP contribution in [0.3, 0.4) is 0 Å². The summed E-state index contributed by atoms with van der Waals surface area (Å²) in [6.07, 6.45) is 5.73. The van der Waals surface area contributed by atoms with Crippen molar-refractivity contribution in [3.63, 3.8) is 0 Å². The first-order chi connectivity index (χ1) is 10.3. The van der Waals surface area contributed by atoms with Crippen LogP contribution in [0.5, 0.6) is 5.75 Å². The van der Waals surface area contributed by atoms with Crippen LogP contribution in [-0.4, -0.2) is 18.1 Å². The van der Waals surface area contributed by atoms with Gasteiger partial charge in [-0.3, -0.25) is 4.98 Å². The predicted octanol–water partition coefficient (Wildman–Crippen LogP) is 3.76. The molecule has 1 atom stereocenters. The summed E-state index contributed by atoms with van der Waals surface area (Å²) in [5.41, 5.74) is 2.56. The number of rotatable bonds is 8. The number of benzene rings is 1. The normalized spacial score (nSPS) is 12.1. The van der Waals surface area contributed by atoms with Crippen LogP contribution in [0.2, 0.25) is 0 Å². The fourth-order valence-electron chi connectivity index (χ4n) is 2.48. The monoisotopic (exact) mass is 284 g/mol. The molecule has 0 aliphatic carbocycles. The van der Waals surface area contributed by atoms with Gasteiger partial charge in [0.05, 0.1) is 12.8 Å². The van der Waals surface area contributed by atoms with Crippen LogP contribution >= 0.6 is 0 Å². The molecule has 0 saturated carbocycles. The van der Waals surface area contributed by atoms with Crippen LogP contribution in [0.25, 0.3) is 0 Å². The lowest BCUT2D eigenvalue weighted by molar-refractivity contribution is 0.338. The molecule has 2 rings (SSSR count). The Hall–Kier alpha value is -1.87. The molecule has 0 aliphatic rings. The van der Waals surface area contributed by atoms with Gasteiger partial charge in [0.25, 0.3) is 0 Å². The molecule has 0 fully saturated rings. The van der Waals surface area contributed by atoms with E-state index >= 15 is 0 Å². The molecule has 2 aromatic rings. The van der Waals surface area contributed by atoms with Gasteiger partial charge >= 0.3 is 0 Å². The molecule has 1 N–H and O–H groups in total. The van der Waals surface area contributed by atoms with Crippen molar-refractivity contribution in [2.45, 2.75) is 32.7 Å². The summed E-state index contributed by atoms with van der Waals surface area (Å²) in [5, 5.41) is 3.56. The van der Waals surface area contributed by atoms with Gasteiger partial charge in [-0.15, -0.1) is 0 Å². The number of aromatic nitrogens is 1. The van der Waals surface area contributed by atoms with Crippen molar-refractivity contribution in [1.82, 2.24) is 10.3 Å². The first kappa shape index (κ1) is 15.5. The fraction of sp³-hybridized carbons (Fsp3) is 0.389. The second kappa shape index (κ2) is 8.42. The zero-order chi connectivity index (χ0) is 14.9. The summed E-state index contributed by atoms with van der Waals surface area (Å²) in [7, 11) is 0. The molecule has 1 unspecified atom stereocenters. The number of hydrogen-bond acceptors (Lipinski definition) is 3. The smallest absolute Gasteiger partial charge is 0.137 e. The van der Waals surface area contributed by atoms with E-state index in [1.54, 1.807) is 6.20 Å².